The van der Waals surface area contributed by atoms with Crippen molar-refractivity contribution in [1.82, 2.24) is 0 Å². The van der Waals surface area contributed by atoms with Crippen LogP contribution in [0.4, 0.5) is 5.69 Å². The van der Waals surface area contributed by atoms with Crippen molar-refractivity contribution < 1.29 is 4.74 Å². The number of ether oxygens (including phenoxy) is 1. The van der Waals surface area contributed by atoms with Gasteiger partial charge in [-0.25, -0.2) is 0 Å². The van der Waals surface area contributed by atoms with Gasteiger partial charge in [-0.3, -0.25) is 4.99 Å². The molecule has 0 aliphatic heterocycles. The highest BCUT2D eigenvalue weighted by Gasteiger charge is 2.08. The predicted molar refractivity (Wildman–Crippen MR) is 126 cm³/mol. The van der Waals surface area contributed by atoms with Crippen molar-refractivity contribution in [2.24, 2.45) is 4.99 Å². The largest absolute Gasteiger partial charge is 0.488 e. The Labute approximate surface area is 184 Å². The molecule has 0 N–H and O–H groups in total. The molecule has 0 aromatic heterocycles. The number of halogens is 2. The van der Waals surface area contributed by atoms with Gasteiger partial charge in [-0.05, 0) is 59.2 Å². The third-order valence-corrected chi connectivity index (χ3v) is 5.51. The molecule has 29 heavy (non-hydrogen) atoms. The van der Waals surface area contributed by atoms with E-state index in [1.165, 1.54) is 0 Å². The van der Waals surface area contributed by atoms with E-state index in [1.54, 1.807) is 0 Å². The molecule has 4 aromatic rings. The molecule has 0 spiro atoms. The standard InChI is InChI=1S/C25H19BrClNO/c1-17-6-12-21(27)14-24(17)28-15-23-22-5-3-2-4-19(22)9-13-25(23)29-16-18-7-10-20(26)11-8-18/h2-15H,16H2,1H3. The monoisotopic (exact) mass is 463 g/mol. The zero-order chi connectivity index (χ0) is 20.2. The number of aliphatic imine (C=N–C) groups is 1. The summed E-state index contributed by atoms with van der Waals surface area (Å²) < 4.78 is 7.23. The van der Waals surface area contributed by atoms with Crippen LogP contribution in [0.15, 0.2) is 88.3 Å². The molecule has 0 aliphatic carbocycles. The Morgan fingerprint density at radius 2 is 1.76 bits per heavy atom. The molecule has 4 rings (SSSR count). The van der Waals surface area contributed by atoms with Crippen LogP contribution in [0.5, 0.6) is 5.75 Å². The maximum atomic E-state index is 6.18. The van der Waals surface area contributed by atoms with E-state index in [0.717, 1.165) is 43.4 Å². The highest BCUT2D eigenvalue weighted by molar-refractivity contribution is 9.10. The zero-order valence-corrected chi connectivity index (χ0v) is 18.2. The first kappa shape index (κ1) is 19.7. The lowest BCUT2D eigenvalue weighted by atomic mass is 10.0. The van der Waals surface area contributed by atoms with Crippen LogP contribution in [0.25, 0.3) is 10.8 Å². The molecule has 0 radical (unpaired) electrons. The fraction of sp³-hybridized carbons (Fsp3) is 0.0800. The minimum absolute atomic E-state index is 0.489. The fourth-order valence-electron chi connectivity index (χ4n) is 3.13. The number of aryl methyl sites for hydroxylation is 1. The number of rotatable bonds is 5. The average molecular weight is 465 g/mol. The molecule has 0 saturated carbocycles. The predicted octanol–water partition coefficient (Wildman–Crippen LogP) is 7.89. The van der Waals surface area contributed by atoms with Crippen LogP contribution >= 0.6 is 27.5 Å². The highest BCUT2D eigenvalue weighted by atomic mass is 79.9. The SMILES string of the molecule is Cc1ccc(Cl)cc1N=Cc1c(OCc2ccc(Br)cc2)ccc2ccccc12. The Morgan fingerprint density at radius 3 is 2.59 bits per heavy atom. The summed E-state index contributed by atoms with van der Waals surface area (Å²) in [6, 6.07) is 26.2. The summed E-state index contributed by atoms with van der Waals surface area (Å²) in [4.78, 5) is 4.72. The van der Waals surface area contributed by atoms with E-state index in [-0.39, 0.29) is 0 Å². The summed E-state index contributed by atoms with van der Waals surface area (Å²) >= 11 is 9.62. The molecule has 0 aliphatic rings. The van der Waals surface area contributed by atoms with Crippen LogP contribution in [0.1, 0.15) is 16.7 Å². The van der Waals surface area contributed by atoms with E-state index < -0.39 is 0 Å². The quantitative estimate of drug-likeness (QED) is 0.275. The van der Waals surface area contributed by atoms with E-state index in [0.29, 0.717) is 11.6 Å². The van der Waals surface area contributed by atoms with Crippen LogP contribution in [0, 0.1) is 6.92 Å². The van der Waals surface area contributed by atoms with Gasteiger partial charge in [0.2, 0.25) is 0 Å². The Bertz CT molecular complexity index is 1190. The molecule has 144 valence electrons. The van der Waals surface area contributed by atoms with Gasteiger partial charge in [0, 0.05) is 21.3 Å². The number of benzene rings is 4. The smallest absolute Gasteiger partial charge is 0.129 e. The number of hydrogen-bond donors (Lipinski definition) is 0. The number of nitrogens with zero attached hydrogens (tertiary/aromatic N) is 1. The lowest BCUT2D eigenvalue weighted by Gasteiger charge is -2.12. The molecule has 0 atom stereocenters. The van der Waals surface area contributed by atoms with Crippen molar-refractivity contribution in [1.29, 1.82) is 0 Å². The minimum Gasteiger partial charge on any atom is -0.488 e. The average Bonchev–Trinajstić information content (AvgIpc) is 2.74. The van der Waals surface area contributed by atoms with Gasteiger partial charge in [0.05, 0.1) is 5.69 Å². The van der Waals surface area contributed by atoms with Gasteiger partial charge in [-0.2, -0.15) is 0 Å². The Hall–Kier alpha value is -2.62. The van der Waals surface area contributed by atoms with E-state index in [9.17, 15) is 0 Å². The molecule has 0 fully saturated rings. The van der Waals surface area contributed by atoms with Crippen molar-refractivity contribution in [2.75, 3.05) is 0 Å². The van der Waals surface area contributed by atoms with Crippen LogP contribution in [-0.2, 0) is 6.61 Å². The van der Waals surface area contributed by atoms with Crippen molar-refractivity contribution >= 4 is 50.2 Å². The first-order valence-corrected chi connectivity index (χ1v) is 10.5. The third-order valence-electron chi connectivity index (χ3n) is 4.74. The van der Waals surface area contributed by atoms with E-state index in [1.807, 2.05) is 73.8 Å². The molecule has 0 heterocycles. The van der Waals surface area contributed by atoms with Crippen molar-refractivity contribution in [3.63, 3.8) is 0 Å². The van der Waals surface area contributed by atoms with Crippen molar-refractivity contribution in [3.05, 3.63) is 105 Å². The normalized spacial score (nSPS) is 11.3. The molecular weight excluding hydrogens is 446 g/mol. The van der Waals surface area contributed by atoms with Crippen molar-refractivity contribution in [2.45, 2.75) is 13.5 Å². The minimum atomic E-state index is 0.489. The van der Waals surface area contributed by atoms with E-state index in [4.69, 9.17) is 21.3 Å². The second kappa shape index (κ2) is 8.81. The van der Waals surface area contributed by atoms with Gasteiger partial charge >= 0.3 is 0 Å². The van der Waals surface area contributed by atoms with Gasteiger partial charge in [-0.1, -0.05) is 76.1 Å². The summed E-state index contributed by atoms with van der Waals surface area (Å²) in [7, 11) is 0. The third kappa shape index (κ3) is 4.69. The zero-order valence-electron chi connectivity index (χ0n) is 15.9. The maximum Gasteiger partial charge on any atom is 0.129 e. The molecule has 4 aromatic carbocycles. The molecular formula is C25H19BrClNO. The molecule has 0 saturated heterocycles. The Morgan fingerprint density at radius 1 is 0.966 bits per heavy atom. The van der Waals surface area contributed by atoms with Gasteiger partial charge in [0.1, 0.15) is 12.4 Å². The Balaban J connectivity index is 1.71. The molecule has 4 heteroatoms. The second-order valence-corrected chi connectivity index (χ2v) is 8.15. The molecule has 0 amide bonds. The highest BCUT2D eigenvalue weighted by Crippen LogP contribution is 2.29. The van der Waals surface area contributed by atoms with Crippen LogP contribution in [-0.4, -0.2) is 6.21 Å². The summed E-state index contributed by atoms with van der Waals surface area (Å²) in [5.41, 5.74) is 3.99. The van der Waals surface area contributed by atoms with Crippen molar-refractivity contribution in [3.8, 4) is 5.75 Å². The summed E-state index contributed by atoms with van der Waals surface area (Å²) in [6.45, 7) is 2.51. The van der Waals surface area contributed by atoms with Gasteiger partial charge in [-0.15, -0.1) is 0 Å². The van der Waals surface area contributed by atoms with Gasteiger partial charge in [0.25, 0.3) is 0 Å². The van der Waals surface area contributed by atoms with Crippen LogP contribution in [0.3, 0.4) is 0 Å². The lowest BCUT2D eigenvalue weighted by Crippen LogP contribution is -1.99. The Kier molecular flexibility index (Phi) is 5.98. The van der Waals surface area contributed by atoms with Gasteiger partial charge in [0.15, 0.2) is 0 Å². The van der Waals surface area contributed by atoms with E-state index >= 15 is 0 Å². The molecule has 0 bridgehead atoms. The second-order valence-electron chi connectivity index (χ2n) is 6.80. The first-order valence-electron chi connectivity index (χ1n) is 9.29. The van der Waals surface area contributed by atoms with Gasteiger partial charge < -0.3 is 4.74 Å². The summed E-state index contributed by atoms with van der Waals surface area (Å²) in [5, 5.41) is 2.92. The number of fused-ring (bicyclic) bond motifs is 1. The molecule has 0 unspecified atom stereocenters. The fourth-order valence-corrected chi connectivity index (χ4v) is 3.56. The lowest BCUT2D eigenvalue weighted by molar-refractivity contribution is 0.306. The van der Waals surface area contributed by atoms with Crippen LogP contribution in [0.2, 0.25) is 5.02 Å². The summed E-state index contributed by atoms with van der Waals surface area (Å²) in [6.07, 6.45) is 1.87. The number of hydrogen-bond acceptors (Lipinski definition) is 2. The summed E-state index contributed by atoms with van der Waals surface area (Å²) in [5.74, 6) is 0.801. The van der Waals surface area contributed by atoms with E-state index in [2.05, 4.69) is 34.1 Å². The van der Waals surface area contributed by atoms with Crippen LogP contribution < -0.4 is 4.74 Å². The topological polar surface area (TPSA) is 21.6 Å². The first-order chi connectivity index (χ1) is 14.1. The maximum absolute atomic E-state index is 6.18. The molecule has 2 nitrogen and oxygen atoms in total.